The Morgan fingerprint density at radius 1 is 1.50 bits per heavy atom. The SMILES string of the molecule is CCCC[C@@H](N)c1ccc(F)nc1C. The van der Waals surface area contributed by atoms with E-state index in [1.807, 2.05) is 0 Å². The second-order valence-electron chi connectivity index (χ2n) is 3.56. The lowest BCUT2D eigenvalue weighted by atomic mass is 10.0. The molecule has 0 spiro atoms. The third-order valence-corrected chi connectivity index (χ3v) is 2.36. The van der Waals surface area contributed by atoms with Crippen molar-refractivity contribution in [2.75, 3.05) is 0 Å². The zero-order valence-corrected chi connectivity index (χ0v) is 8.76. The number of rotatable bonds is 4. The van der Waals surface area contributed by atoms with Gasteiger partial charge in [0.05, 0.1) is 0 Å². The highest BCUT2D eigenvalue weighted by Crippen LogP contribution is 2.19. The van der Waals surface area contributed by atoms with Crippen LogP contribution in [0.25, 0.3) is 0 Å². The first-order valence-electron chi connectivity index (χ1n) is 5.03. The number of nitrogens with two attached hydrogens (primary N) is 1. The van der Waals surface area contributed by atoms with Gasteiger partial charge in [0.25, 0.3) is 0 Å². The van der Waals surface area contributed by atoms with Gasteiger partial charge in [0.2, 0.25) is 5.95 Å². The highest BCUT2D eigenvalue weighted by molar-refractivity contribution is 5.22. The fourth-order valence-electron chi connectivity index (χ4n) is 1.51. The van der Waals surface area contributed by atoms with E-state index in [1.165, 1.54) is 6.07 Å². The number of aryl methyl sites for hydroxylation is 1. The topological polar surface area (TPSA) is 38.9 Å². The summed E-state index contributed by atoms with van der Waals surface area (Å²) in [5.74, 6) is -0.436. The number of unbranched alkanes of at least 4 members (excludes halogenated alkanes) is 1. The van der Waals surface area contributed by atoms with Crippen LogP contribution < -0.4 is 5.73 Å². The maximum absolute atomic E-state index is 12.7. The molecule has 0 unspecified atom stereocenters. The average molecular weight is 196 g/mol. The minimum atomic E-state index is -0.436. The summed E-state index contributed by atoms with van der Waals surface area (Å²) in [5.41, 5.74) is 7.63. The molecule has 0 amide bonds. The summed E-state index contributed by atoms with van der Waals surface area (Å²) in [6, 6.07) is 3.09. The van der Waals surface area contributed by atoms with Gasteiger partial charge in [-0.1, -0.05) is 25.8 Å². The lowest BCUT2D eigenvalue weighted by Crippen LogP contribution is -2.12. The van der Waals surface area contributed by atoms with E-state index >= 15 is 0 Å². The van der Waals surface area contributed by atoms with Crippen LogP contribution in [0.3, 0.4) is 0 Å². The van der Waals surface area contributed by atoms with Gasteiger partial charge < -0.3 is 5.73 Å². The zero-order chi connectivity index (χ0) is 10.6. The first-order chi connectivity index (χ1) is 6.65. The maximum Gasteiger partial charge on any atom is 0.213 e. The lowest BCUT2D eigenvalue weighted by Gasteiger charge is -2.13. The van der Waals surface area contributed by atoms with E-state index in [4.69, 9.17) is 5.73 Å². The molecule has 0 aromatic carbocycles. The third kappa shape index (κ3) is 2.77. The normalized spacial score (nSPS) is 12.9. The van der Waals surface area contributed by atoms with Crippen molar-refractivity contribution in [3.05, 3.63) is 29.3 Å². The third-order valence-electron chi connectivity index (χ3n) is 2.36. The summed E-state index contributed by atoms with van der Waals surface area (Å²) >= 11 is 0. The molecule has 2 N–H and O–H groups in total. The van der Waals surface area contributed by atoms with Gasteiger partial charge in [-0.15, -0.1) is 0 Å². The molecule has 1 atom stereocenters. The van der Waals surface area contributed by atoms with Crippen molar-refractivity contribution in [2.24, 2.45) is 5.73 Å². The number of halogens is 1. The molecule has 1 aromatic heterocycles. The number of nitrogens with zero attached hydrogens (tertiary/aromatic N) is 1. The molecule has 0 saturated carbocycles. The number of aromatic nitrogens is 1. The van der Waals surface area contributed by atoms with Gasteiger partial charge in [0.15, 0.2) is 0 Å². The Morgan fingerprint density at radius 2 is 2.21 bits per heavy atom. The molecular formula is C11H17FN2. The predicted molar refractivity (Wildman–Crippen MR) is 55.4 cm³/mol. The molecule has 0 aliphatic heterocycles. The first-order valence-corrected chi connectivity index (χ1v) is 5.03. The first kappa shape index (κ1) is 11.1. The van der Waals surface area contributed by atoms with Crippen molar-refractivity contribution in [2.45, 2.75) is 39.2 Å². The molecule has 78 valence electrons. The van der Waals surface area contributed by atoms with Crippen molar-refractivity contribution in [3.63, 3.8) is 0 Å². The number of pyridine rings is 1. The van der Waals surface area contributed by atoms with Crippen LogP contribution in [0, 0.1) is 12.9 Å². The zero-order valence-electron chi connectivity index (χ0n) is 8.76. The van der Waals surface area contributed by atoms with E-state index < -0.39 is 5.95 Å². The van der Waals surface area contributed by atoms with E-state index in [0.29, 0.717) is 5.69 Å². The standard InChI is InChI=1S/C11H17FN2/c1-3-4-5-10(13)9-6-7-11(12)14-8(9)2/h6-7,10H,3-5,13H2,1-2H3/t10-/m1/s1. The van der Waals surface area contributed by atoms with Gasteiger partial charge in [-0.3, -0.25) is 0 Å². The summed E-state index contributed by atoms with van der Waals surface area (Å²) in [6.45, 7) is 3.92. The van der Waals surface area contributed by atoms with Crippen LogP contribution in [0.15, 0.2) is 12.1 Å². The molecule has 3 heteroatoms. The van der Waals surface area contributed by atoms with Crippen molar-refractivity contribution in [1.82, 2.24) is 4.98 Å². The number of hydrogen-bond acceptors (Lipinski definition) is 2. The van der Waals surface area contributed by atoms with Gasteiger partial charge in [-0.25, -0.2) is 4.98 Å². The van der Waals surface area contributed by atoms with E-state index in [1.54, 1.807) is 13.0 Å². The maximum atomic E-state index is 12.7. The van der Waals surface area contributed by atoms with Gasteiger partial charge >= 0.3 is 0 Å². The second kappa shape index (κ2) is 5.05. The summed E-state index contributed by atoms with van der Waals surface area (Å²) in [6.07, 6.45) is 3.16. The predicted octanol–water partition coefficient (Wildman–Crippen LogP) is 2.72. The molecule has 0 aliphatic rings. The van der Waals surface area contributed by atoms with Crippen LogP contribution in [-0.2, 0) is 0 Å². The smallest absolute Gasteiger partial charge is 0.213 e. The van der Waals surface area contributed by atoms with E-state index in [9.17, 15) is 4.39 Å². The van der Waals surface area contributed by atoms with E-state index in [-0.39, 0.29) is 6.04 Å². The molecule has 2 nitrogen and oxygen atoms in total. The van der Waals surface area contributed by atoms with Gasteiger partial charge in [-0.05, 0) is 25.0 Å². The minimum absolute atomic E-state index is 0.0111. The van der Waals surface area contributed by atoms with Gasteiger partial charge in [0.1, 0.15) is 0 Å². The van der Waals surface area contributed by atoms with Crippen molar-refractivity contribution < 1.29 is 4.39 Å². The summed E-state index contributed by atoms with van der Waals surface area (Å²) in [5, 5.41) is 0. The van der Waals surface area contributed by atoms with Crippen molar-refractivity contribution in [1.29, 1.82) is 0 Å². The van der Waals surface area contributed by atoms with Crippen LogP contribution in [0.4, 0.5) is 4.39 Å². The van der Waals surface area contributed by atoms with Crippen LogP contribution >= 0.6 is 0 Å². The average Bonchev–Trinajstić information content (AvgIpc) is 2.14. The van der Waals surface area contributed by atoms with Crippen LogP contribution in [0.5, 0.6) is 0 Å². The molecule has 0 fully saturated rings. The molecule has 0 radical (unpaired) electrons. The fraction of sp³-hybridized carbons (Fsp3) is 0.545. The fourth-order valence-corrected chi connectivity index (χ4v) is 1.51. The molecular weight excluding hydrogens is 179 g/mol. The summed E-state index contributed by atoms with van der Waals surface area (Å²) < 4.78 is 12.7. The van der Waals surface area contributed by atoms with Gasteiger partial charge in [-0.2, -0.15) is 4.39 Å². The summed E-state index contributed by atoms with van der Waals surface area (Å²) in [4.78, 5) is 3.76. The molecule has 1 rings (SSSR count). The van der Waals surface area contributed by atoms with E-state index in [2.05, 4.69) is 11.9 Å². The van der Waals surface area contributed by atoms with Crippen LogP contribution in [0.1, 0.15) is 43.5 Å². The molecule has 14 heavy (non-hydrogen) atoms. The van der Waals surface area contributed by atoms with Crippen LogP contribution in [-0.4, -0.2) is 4.98 Å². The Morgan fingerprint density at radius 3 is 2.79 bits per heavy atom. The van der Waals surface area contributed by atoms with Crippen molar-refractivity contribution in [3.8, 4) is 0 Å². The van der Waals surface area contributed by atoms with Crippen molar-refractivity contribution >= 4 is 0 Å². The highest BCUT2D eigenvalue weighted by atomic mass is 19.1. The quantitative estimate of drug-likeness (QED) is 0.752. The molecule has 0 saturated heterocycles. The molecule has 1 heterocycles. The van der Waals surface area contributed by atoms with E-state index in [0.717, 1.165) is 24.8 Å². The second-order valence-corrected chi connectivity index (χ2v) is 3.56. The Bertz CT molecular complexity index is 299. The molecule has 0 bridgehead atoms. The Labute approximate surface area is 84.3 Å². The van der Waals surface area contributed by atoms with Gasteiger partial charge in [0, 0.05) is 11.7 Å². The Balaban J connectivity index is 2.74. The van der Waals surface area contributed by atoms with Crippen LogP contribution in [0.2, 0.25) is 0 Å². The summed E-state index contributed by atoms with van der Waals surface area (Å²) in [7, 11) is 0. The Kier molecular flexibility index (Phi) is 4.01. The monoisotopic (exact) mass is 196 g/mol. The molecule has 0 aliphatic carbocycles. The highest BCUT2D eigenvalue weighted by Gasteiger charge is 2.09. The largest absolute Gasteiger partial charge is 0.324 e. The minimum Gasteiger partial charge on any atom is -0.324 e. The lowest BCUT2D eigenvalue weighted by molar-refractivity contribution is 0.564. The number of hydrogen-bond donors (Lipinski definition) is 1. The molecule has 1 aromatic rings. The Hall–Kier alpha value is -0.960.